The first-order valence-electron chi connectivity index (χ1n) is 6.72. The number of methoxy groups -OCH3 is 1. The minimum absolute atomic E-state index is 0.237. The molecular weight excluding hydrogens is 299 g/mol. The molecule has 2 aromatic carbocycles. The van der Waals surface area contributed by atoms with Gasteiger partial charge in [-0.3, -0.25) is 0 Å². The van der Waals surface area contributed by atoms with Gasteiger partial charge in [0, 0.05) is 9.75 Å². The van der Waals surface area contributed by atoms with Gasteiger partial charge >= 0.3 is 5.97 Å². The Kier molecular flexibility index (Phi) is 4.02. The fraction of sp³-hybridized carbons (Fsp3) is 0.0556. The maximum Gasteiger partial charge on any atom is 0.337 e. The Labute approximate surface area is 131 Å². The summed E-state index contributed by atoms with van der Waals surface area (Å²) in [6.07, 6.45) is 0. The Morgan fingerprint density at radius 1 is 0.864 bits per heavy atom. The zero-order valence-corrected chi connectivity index (χ0v) is 12.7. The predicted molar refractivity (Wildman–Crippen MR) is 86.5 cm³/mol. The van der Waals surface area contributed by atoms with Crippen LogP contribution in [0.5, 0.6) is 0 Å². The molecule has 0 N–H and O–H groups in total. The van der Waals surface area contributed by atoms with Crippen LogP contribution in [-0.2, 0) is 4.74 Å². The maximum absolute atomic E-state index is 13.0. The number of esters is 1. The molecule has 0 unspecified atom stereocenters. The highest BCUT2D eigenvalue weighted by atomic mass is 32.1. The molecule has 2 nitrogen and oxygen atoms in total. The van der Waals surface area contributed by atoms with Crippen molar-refractivity contribution < 1.29 is 13.9 Å². The SMILES string of the molecule is COC(=O)c1ccc(-c2ccc(-c3ccc(F)cc3)s2)cc1. The lowest BCUT2D eigenvalue weighted by atomic mass is 10.1. The van der Waals surface area contributed by atoms with Crippen LogP contribution in [0.4, 0.5) is 4.39 Å². The largest absolute Gasteiger partial charge is 0.465 e. The van der Waals surface area contributed by atoms with E-state index in [2.05, 4.69) is 4.74 Å². The Bertz CT molecular complexity index is 789. The Hall–Kier alpha value is -2.46. The van der Waals surface area contributed by atoms with Gasteiger partial charge in [-0.15, -0.1) is 11.3 Å². The molecule has 0 saturated heterocycles. The van der Waals surface area contributed by atoms with Gasteiger partial charge in [-0.2, -0.15) is 0 Å². The van der Waals surface area contributed by atoms with Crippen LogP contribution in [0, 0.1) is 5.82 Å². The van der Waals surface area contributed by atoms with E-state index in [0.717, 1.165) is 20.9 Å². The number of carbonyl (C=O) groups is 1. The van der Waals surface area contributed by atoms with Gasteiger partial charge in [0.2, 0.25) is 0 Å². The smallest absolute Gasteiger partial charge is 0.337 e. The fourth-order valence-electron chi connectivity index (χ4n) is 2.15. The molecule has 3 rings (SSSR count). The van der Waals surface area contributed by atoms with Crippen molar-refractivity contribution in [2.75, 3.05) is 7.11 Å². The lowest BCUT2D eigenvalue weighted by Crippen LogP contribution is -2.00. The van der Waals surface area contributed by atoms with Gasteiger partial charge in [0.25, 0.3) is 0 Å². The number of carbonyl (C=O) groups excluding carboxylic acids is 1. The van der Waals surface area contributed by atoms with E-state index in [4.69, 9.17) is 0 Å². The fourth-order valence-corrected chi connectivity index (χ4v) is 3.17. The molecule has 3 aromatic rings. The lowest BCUT2D eigenvalue weighted by molar-refractivity contribution is 0.0601. The molecular formula is C18H13FO2S. The third kappa shape index (κ3) is 2.92. The number of ether oxygens (including phenoxy) is 1. The average Bonchev–Trinajstić information content (AvgIpc) is 3.05. The number of hydrogen-bond donors (Lipinski definition) is 0. The Morgan fingerprint density at radius 2 is 1.36 bits per heavy atom. The van der Waals surface area contributed by atoms with Crippen LogP contribution in [0.2, 0.25) is 0 Å². The molecule has 0 atom stereocenters. The van der Waals surface area contributed by atoms with Crippen LogP contribution in [-0.4, -0.2) is 13.1 Å². The first kappa shape index (κ1) is 14.5. The van der Waals surface area contributed by atoms with E-state index in [1.165, 1.54) is 19.2 Å². The Morgan fingerprint density at radius 3 is 1.86 bits per heavy atom. The molecule has 0 aliphatic carbocycles. The van der Waals surface area contributed by atoms with Crippen molar-refractivity contribution in [1.82, 2.24) is 0 Å². The number of rotatable bonds is 3. The van der Waals surface area contributed by atoms with E-state index in [1.807, 2.05) is 24.3 Å². The summed E-state index contributed by atoms with van der Waals surface area (Å²) in [5.74, 6) is -0.580. The van der Waals surface area contributed by atoms with E-state index in [9.17, 15) is 9.18 Å². The monoisotopic (exact) mass is 312 g/mol. The van der Waals surface area contributed by atoms with E-state index >= 15 is 0 Å². The van der Waals surface area contributed by atoms with Gasteiger partial charge in [-0.25, -0.2) is 9.18 Å². The van der Waals surface area contributed by atoms with Crippen LogP contribution in [0.1, 0.15) is 10.4 Å². The molecule has 0 fully saturated rings. The standard InChI is InChI=1S/C18H13FO2S/c1-21-18(20)14-4-2-12(3-5-14)16-10-11-17(22-16)13-6-8-15(19)9-7-13/h2-11H,1H3. The van der Waals surface area contributed by atoms with Crippen LogP contribution in [0.3, 0.4) is 0 Å². The van der Waals surface area contributed by atoms with Gasteiger partial charge in [0.05, 0.1) is 12.7 Å². The molecule has 0 aliphatic heterocycles. The molecule has 0 amide bonds. The van der Waals surface area contributed by atoms with Crippen molar-refractivity contribution in [3.63, 3.8) is 0 Å². The molecule has 4 heteroatoms. The lowest BCUT2D eigenvalue weighted by Gasteiger charge is -2.01. The van der Waals surface area contributed by atoms with Gasteiger partial charge < -0.3 is 4.74 Å². The third-order valence-electron chi connectivity index (χ3n) is 3.33. The maximum atomic E-state index is 13.0. The average molecular weight is 312 g/mol. The van der Waals surface area contributed by atoms with Crippen LogP contribution in [0.15, 0.2) is 60.7 Å². The van der Waals surface area contributed by atoms with E-state index < -0.39 is 0 Å². The molecule has 0 saturated carbocycles. The quantitative estimate of drug-likeness (QED) is 0.636. The molecule has 0 bridgehead atoms. The van der Waals surface area contributed by atoms with Crippen molar-refractivity contribution in [3.8, 4) is 20.9 Å². The van der Waals surface area contributed by atoms with Crippen LogP contribution >= 0.6 is 11.3 Å². The van der Waals surface area contributed by atoms with Gasteiger partial charge in [0.15, 0.2) is 0 Å². The Balaban J connectivity index is 1.87. The van der Waals surface area contributed by atoms with Gasteiger partial charge in [-0.05, 0) is 47.5 Å². The molecule has 0 spiro atoms. The van der Waals surface area contributed by atoms with Gasteiger partial charge in [0.1, 0.15) is 5.82 Å². The van der Waals surface area contributed by atoms with Crippen molar-refractivity contribution in [2.45, 2.75) is 0 Å². The highest BCUT2D eigenvalue weighted by molar-refractivity contribution is 7.18. The van der Waals surface area contributed by atoms with E-state index in [1.54, 1.807) is 35.6 Å². The summed E-state index contributed by atoms with van der Waals surface area (Å²) in [6, 6.07) is 17.8. The summed E-state index contributed by atoms with van der Waals surface area (Å²) in [4.78, 5) is 13.6. The van der Waals surface area contributed by atoms with Gasteiger partial charge in [-0.1, -0.05) is 24.3 Å². The zero-order valence-electron chi connectivity index (χ0n) is 11.9. The molecule has 0 radical (unpaired) electrons. The predicted octanol–water partition coefficient (Wildman–Crippen LogP) is 5.01. The van der Waals surface area contributed by atoms with Crippen LogP contribution in [0.25, 0.3) is 20.9 Å². The first-order valence-corrected chi connectivity index (χ1v) is 7.53. The summed E-state index contributed by atoms with van der Waals surface area (Å²) in [7, 11) is 1.37. The van der Waals surface area contributed by atoms with E-state index in [-0.39, 0.29) is 11.8 Å². The summed E-state index contributed by atoms with van der Waals surface area (Å²) in [5, 5.41) is 0. The highest BCUT2D eigenvalue weighted by Crippen LogP contribution is 2.34. The third-order valence-corrected chi connectivity index (χ3v) is 4.51. The summed E-state index contributed by atoms with van der Waals surface area (Å²) in [6.45, 7) is 0. The molecule has 1 aromatic heterocycles. The second-order valence-corrected chi connectivity index (χ2v) is 5.82. The zero-order chi connectivity index (χ0) is 15.5. The topological polar surface area (TPSA) is 26.3 Å². The van der Waals surface area contributed by atoms with Crippen molar-refractivity contribution in [2.24, 2.45) is 0 Å². The van der Waals surface area contributed by atoms with Crippen molar-refractivity contribution in [3.05, 3.63) is 72.0 Å². The number of thiophene rings is 1. The molecule has 22 heavy (non-hydrogen) atoms. The highest BCUT2D eigenvalue weighted by Gasteiger charge is 2.08. The number of hydrogen-bond acceptors (Lipinski definition) is 3. The summed E-state index contributed by atoms with van der Waals surface area (Å²) >= 11 is 1.63. The summed E-state index contributed by atoms with van der Waals surface area (Å²) in [5.41, 5.74) is 2.55. The normalized spacial score (nSPS) is 10.5. The second kappa shape index (κ2) is 6.12. The molecule has 110 valence electrons. The number of halogens is 1. The molecule has 1 heterocycles. The van der Waals surface area contributed by atoms with Crippen molar-refractivity contribution >= 4 is 17.3 Å². The minimum atomic E-state index is -0.343. The van der Waals surface area contributed by atoms with Crippen LogP contribution < -0.4 is 0 Å². The van der Waals surface area contributed by atoms with Crippen molar-refractivity contribution in [1.29, 1.82) is 0 Å². The number of benzene rings is 2. The molecule has 0 aliphatic rings. The van der Waals surface area contributed by atoms with E-state index in [0.29, 0.717) is 5.56 Å². The second-order valence-electron chi connectivity index (χ2n) is 4.74. The minimum Gasteiger partial charge on any atom is -0.465 e. The summed E-state index contributed by atoms with van der Waals surface area (Å²) < 4.78 is 17.7. The first-order chi connectivity index (χ1) is 10.7.